The van der Waals surface area contributed by atoms with Gasteiger partial charge in [0.2, 0.25) is 0 Å². The van der Waals surface area contributed by atoms with Crippen LogP contribution in [0.3, 0.4) is 0 Å². The predicted octanol–water partition coefficient (Wildman–Crippen LogP) is 2.92. The molecule has 4 rings (SSSR count). The van der Waals surface area contributed by atoms with E-state index >= 15 is 0 Å². The number of ether oxygens (including phenoxy) is 2. The van der Waals surface area contributed by atoms with Crippen molar-refractivity contribution in [3.8, 4) is 5.69 Å². The summed E-state index contributed by atoms with van der Waals surface area (Å²) >= 11 is 0. The van der Waals surface area contributed by atoms with Crippen LogP contribution in [-0.2, 0) is 9.47 Å². The van der Waals surface area contributed by atoms with E-state index in [1.165, 1.54) is 0 Å². The van der Waals surface area contributed by atoms with Crippen molar-refractivity contribution in [2.45, 2.75) is 50.5 Å². The highest BCUT2D eigenvalue weighted by molar-refractivity contribution is 5.74. The fourth-order valence-corrected chi connectivity index (χ4v) is 3.84. The highest BCUT2D eigenvalue weighted by atomic mass is 16.7. The van der Waals surface area contributed by atoms with E-state index in [1.807, 2.05) is 42.0 Å². The minimum Gasteiger partial charge on any atom is -0.348 e. The molecule has 1 unspecified atom stereocenters. The van der Waals surface area contributed by atoms with Gasteiger partial charge >= 0.3 is 6.03 Å². The Kier molecular flexibility index (Phi) is 5.13. The predicted molar refractivity (Wildman–Crippen MR) is 101 cm³/mol. The second-order valence-corrected chi connectivity index (χ2v) is 7.28. The van der Waals surface area contributed by atoms with E-state index in [0.29, 0.717) is 13.2 Å². The monoisotopic (exact) mass is 370 g/mol. The van der Waals surface area contributed by atoms with E-state index in [1.54, 1.807) is 12.5 Å². The molecule has 1 aliphatic carbocycles. The van der Waals surface area contributed by atoms with Crippen molar-refractivity contribution in [3.63, 3.8) is 0 Å². The molecule has 1 saturated carbocycles. The first kappa shape index (κ1) is 18.0. The standard InChI is InChI=1S/C20H26N4O3/c1-15(16-2-4-18(5-3-16)24-11-10-21-14-24)22-19(25)23-17-6-8-20(9-7-17)26-12-13-27-20/h2-5,10-11,14-15,17H,6-9,12-13H2,1H3,(H2,22,23,25). The molecule has 1 saturated heterocycles. The van der Waals surface area contributed by atoms with Gasteiger partial charge in [-0.15, -0.1) is 0 Å². The van der Waals surface area contributed by atoms with Crippen LogP contribution in [0.1, 0.15) is 44.2 Å². The summed E-state index contributed by atoms with van der Waals surface area (Å²) in [7, 11) is 0. The van der Waals surface area contributed by atoms with Crippen LogP contribution < -0.4 is 10.6 Å². The van der Waals surface area contributed by atoms with Crippen molar-refractivity contribution in [2.75, 3.05) is 13.2 Å². The number of nitrogens with zero attached hydrogens (tertiary/aromatic N) is 2. The number of hydrogen-bond donors (Lipinski definition) is 2. The summed E-state index contributed by atoms with van der Waals surface area (Å²) < 4.78 is 13.4. The maximum Gasteiger partial charge on any atom is 0.315 e. The molecule has 2 N–H and O–H groups in total. The van der Waals surface area contributed by atoms with Crippen molar-refractivity contribution < 1.29 is 14.3 Å². The lowest BCUT2D eigenvalue weighted by atomic mass is 9.90. The van der Waals surface area contributed by atoms with Gasteiger partial charge in [0.1, 0.15) is 0 Å². The van der Waals surface area contributed by atoms with E-state index in [2.05, 4.69) is 15.6 Å². The van der Waals surface area contributed by atoms with Gasteiger partial charge in [-0.05, 0) is 37.5 Å². The van der Waals surface area contributed by atoms with Gasteiger partial charge in [0, 0.05) is 37.0 Å². The number of carbonyl (C=O) groups excluding carboxylic acids is 1. The van der Waals surface area contributed by atoms with Crippen LogP contribution in [0.2, 0.25) is 0 Å². The Labute approximate surface area is 159 Å². The van der Waals surface area contributed by atoms with E-state index in [4.69, 9.17) is 9.47 Å². The second kappa shape index (κ2) is 7.70. The third kappa shape index (κ3) is 4.14. The zero-order valence-corrected chi connectivity index (χ0v) is 15.6. The van der Waals surface area contributed by atoms with Crippen LogP contribution in [-0.4, -0.2) is 40.6 Å². The molecule has 1 aliphatic heterocycles. The molecule has 2 aromatic rings. The maximum absolute atomic E-state index is 12.4. The molecule has 7 heteroatoms. The summed E-state index contributed by atoms with van der Waals surface area (Å²) in [4.78, 5) is 16.4. The molecule has 0 radical (unpaired) electrons. The number of nitrogens with one attached hydrogen (secondary N) is 2. The normalized spacial score (nSPS) is 20.5. The highest BCUT2D eigenvalue weighted by Crippen LogP contribution is 2.35. The zero-order chi connectivity index (χ0) is 18.7. The van der Waals surface area contributed by atoms with Gasteiger partial charge in [-0.1, -0.05) is 12.1 Å². The van der Waals surface area contributed by atoms with Crippen molar-refractivity contribution in [3.05, 3.63) is 48.5 Å². The van der Waals surface area contributed by atoms with Crippen molar-refractivity contribution >= 4 is 6.03 Å². The number of amides is 2. The average molecular weight is 370 g/mol. The maximum atomic E-state index is 12.4. The minimum absolute atomic E-state index is 0.0710. The summed E-state index contributed by atoms with van der Waals surface area (Å²) in [6, 6.07) is 8.07. The third-order valence-corrected chi connectivity index (χ3v) is 5.44. The van der Waals surface area contributed by atoms with Gasteiger partial charge in [-0.2, -0.15) is 0 Å². The van der Waals surface area contributed by atoms with Gasteiger partial charge in [0.25, 0.3) is 0 Å². The first-order valence-electron chi connectivity index (χ1n) is 9.57. The van der Waals surface area contributed by atoms with Crippen molar-refractivity contribution in [1.82, 2.24) is 20.2 Å². The lowest BCUT2D eigenvalue weighted by molar-refractivity contribution is -0.179. The number of aromatic nitrogens is 2. The zero-order valence-electron chi connectivity index (χ0n) is 15.6. The number of imidazole rings is 1. The molecular formula is C20H26N4O3. The van der Waals surface area contributed by atoms with Gasteiger partial charge in [-0.3, -0.25) is 0 Å². The second-order valence-electron chi connectivity index (χ2n) is 7.28. The number of rotatable bonds is 4. The molecule has 2 aliphatic rings. The van der Waals surface area contributed by atoms with E-state index in [0.717, 1.165) is 36.9 Å². The Morgan fingerprint density at radius 1 is 1.22 bits per heavy atom. The Balaban J connectivity index is 1.26. The summed E-state index contributed by atoms with van der Waals surface area (Å²) in [6.07, 6.45) is 8.84. The molecule has 144 valence electrons. The lowest BCUT2D eigenvalue weighted by Gasteiger charge is -2.35. The number of carbonyl (C=O) groups is 1. The summed E-state index contributed by atoms with van der Waals surface area (Å²) in [5.41, 5.74) is 2.10. The summed E-state index contributed by atoms with van der Waals surface area (Å²) in [6.45, 7) is 3.34. The SMILES string of the molecule is CC(NC(=O)NC1CCC2(CC1)OCCO2)c1ccc(-n2ccnc2)cc1. The molecule has 2 fully saturated rings. The van der Waals surface area contributed by atoms with Gasteiger partial charge in [0.15, 0.2) is 5.79 Å². The van der Waals surface area contributed by atoms with Crippen LogP contribution in [0.4, 0.5) is 4.79 Å². The lowest BCUT2D eigenvalue weighted by Crippen LogP contribution is -2.47. The fourth-order valence-electron chi connectivity index (χ4n) is 3.84. The third-order valence-electron chi connectivity index (χ3n) is 5.44. The van der Waals surface area contributed by atoms with Crippen molar-refractivity contribution in [2.24, 2.45) is 0 Å². The number of urea groups is 1. The van der Waals surface area contributed by atoms with Gasteiger partial charge in [0.05, 0.1) is 25.6 Å². The Morgan fingerprint density at radius 2 is 1.93 bits per heavy atom. The van der Waals surface area contributed by atoms with Crippen LogP contribution >= 0.6 is 0 Å². The average Bonchev–Trinajstić information content (AvgIpc) is 3.37. The molecule has 27 heavy (non-hydrogen) atoms. The minimum atomic E-state index is -0.390. The Bertz CT molecular complexity index is 744. The van der Waals surface area contributed by atoms with Gasteiger partial charge in [-0.25, -0.2) is 9.78 Å². The molecular weight excluding hydrogens is 344 g/mol. The summed E-state index contributed by atoms with van der Waals surface area (Å²) in [5, 5.41) is 6.11. The smallest absolute Gasteiger partial charge is 0.315 e. The number of benzene rings is 1. The fraction of sp³-hybridized carbons (Fsp3) is 0.500. The van der Waals surface area contributed by atoms with Crippen LogP contribution in [0.25, 0.3) is 5.69 Å². The van der Waals surface area contributed by atoms with E-state index in [-0.39, 0.29) is 23.9 Å². The molecule has 1 aromatic heterocycles. The van der Waals surface area contributed by atoms with Crippen LogP contribution in [0.15, 0.2) is 43.0 Å². The Hall–Kier alpha value is -2.38. The molecule has 2 heterocycles. The van der Waals surface area contributed by atoms with Crippen LogP contribution in [0, 0.1) is 0 Å². The molecule has 2 amide bonds. The van der Waals surface area contributed by atoms with Crippen molar-refractivity contribution in [1.29, 1.82) is 0 Å². The molecule has 1 spiro atoms. The molecule has 1 aromatic carbocycles. The highest BCUT2D eigenvalue weighted by Gasteiger charge is 2.40. The largest absolute Gasteiger partial charge is 0.348 e. The molecule has 1 atom stereocenters. The molecule has 7 nitrogen and oxygen atoms in total. The Morgan fingerprint density at radius 3 is 2.56 bits per heavy atom. The quantitative estimate of drug-likeness (QED) is 0.868. The number of hydrogen-bond acceptors (Lipinski definition) is 4. The summed E-state index contributed by atoms with van der Waals surface area (Å²) in [5.74, 6) is -0.390. The van der Waals surface area contributed by atoms with E-state index in [9.17, 15) is 4.79 Å². The van der Waals surface area contributed by atoms with Crippen LogP contribution in [0.5, 0.6) is 0 Å². The topological polar surface area (TPSA) is 77.4 Å². The first-order valence-corrected chi connectivity index (χ1v) is 9.57. The van der Waals surface area contributed by atoms with E-state index < -0.39 is 0 Å². The first-order chi connectivity index (χ1) is 13.1. The van der Waals surface area contributed by atoms with Gasteiger partial charge < -0.3 is 24.7 Å². The molecule has 0 bridgehead atoms.